The van der Waals surface area contributed by atoms with Crippen molar-refractivity contribution in [2.75, 3.05) is 26.3 Å². The molecule has 1 aromatic heterocycles. The standard InChI is InChI=1S/C20H22ClNO4/c21-16-5-3-15(4-6-16)18(14-17-2-1-11-24-17)19(23)22-9-7-20(8-10-22)25-12-13-26-20/h1-6,11,18H,7-10,12-14H2. The zero-order chi connectivity index (χ0) is 18.0. The molecule has 2 aromatic rings. The average Bonchev–Trinajstić information content (AvgIpc) is 3.33. The van der Waals surface area contributed by atoms with Crippen LogP contribution in [0.4, 0.5) is 0 Å². The summed E-state index contributed by atoms with van der Waals surface area (Å²) in [5.74, 6) is 0.136. The Kier molecular flexibility index (Phi) is 5.02. The normalized spacial score (nSPS) is 20.4. The van der Waals surface area contributed by atoms with Gasteiger partial charge in [-0.2, -0.15) is 0 Å². The largest absolute Gasteiger partial charge is 0.469 e. The Hall–Kier alpha value is -1.82. The van der Waals surface area contributed by atoms with Gasteiger partial charge in [0, 0.05) is 37.4 Å². The molecule has 0 aliphatic carbocycles. The average molecular weight is 376 g/mol. The lowest BCUT2D eigenvalue weighted by molar-refractivity contribution is -0.187. The van der Waals surface area contributed by atoms with Crippen molar-refractivity contribution >= 4 is 17.5 Å². The number of furan rings is 1. The third-order valence-electron chi connectivity index (χ3n) is 5.21. The van der Waals surface area contributed by atoms with Crippen molar-refractivity contribution in [3.05, 3.63) is 59.0 Å². The molecule has 1 unspecified atom stereocenters. The van der Waals surface area contributed by atoms with Crippen LogP contribution in [0.2, 0.25) is 5.02 Å². The smallest absolute Gasteiger partial charge is 0.230 e. The van der Waals surface area contributed by atoms with Crippen LogP contribution in [0.1, 0.15) is 30.1 Å². The monoisotopic (exact) mass is 375 g/mol. The molecule has 0 N–H and O–H groups in total. The van der Waals surface area contributed by atoms with Gasteiger partial charge < -0.3 is 18.8 Å². The second-order valence-corrected chi connectivity index (χ2v) is 7.26. The number of hydrogen-bond donors (Lipinski definition) is 0. The van der Waals surface area contributed by atoms with E-state index in [0.29, 0.717) is 50.6 Å². The molecule has 0 radical (unpaired) electrons. The van der Waals surface area contributed by atoms with Gasteiger partial charge in [-0.3, -0.25) is 4.79 Å². The van der Waals surface area contributed by atoms with Crippen LogP contribution in [0.25, 0.3) is 0 Å². The SMILES string of the molecule is O=C(C(Cc1ccco1)c1ccc(Cl)cc1)N1CCC2(CC1)OCCO2. The zero-order valence-corrected chi connectivity index (χ0v) is 15.3. The lowest BCUT2D eigenvalue weighted by atomic mass is 9.91. The molecule has 6 heteroatoms. The molecule has 2 fully saturated rings. The molecule has 26 heavy (non-hydrogen) atoms. The van der Waals surface area contributed by atoms with Gasteiger partial charge in [0.15, 0.2) is 5.79 Å². The van der Waals surface area contributed by atoms with Gasteiger partial charge in [0.05, 0.1) is 25.4 Å². The van der Waals surface area contributed by atoms with Crippen LogP contribution in [0.5, 0.6) is 0 Å². The molecular formula is C20H22ClNO4. The number of amides is 1. The molecule has 5 nitrogen and oxygen atoms in total. The second-order valence-electron chi connectivity index (χ2n) is 6.82. The molecular weight excluding hydrogens is 354 g/mol. The van der Waals surface area contributed by atoms with Crippen molar-refractivity contribution in [3.8, 4) is 0 Å². The Bertz CT molecular complexity index is 728. The fourth-order valence-electron chi connectivity index (χ4n) is 3.75. The summed E-state index contributed by atoms with van der Waals surface area (Å²) in [5.41, 5.74) is 0.949. The fraction of sp³-hybridized carbons (Fsp3) is 0.450. The molecule has 2 aliphatic rings. The first-order chi connectivity index (χ1) is 12.7. The minimum Gasteiger partial charge on any atom is -0.469 e. The van der Waals surface area contributed by atoms with E-state index in [4.69, 9.17) is 25.5 Å². The molecule has 2 saturated heterocycles. The number of likely N-dealkylation sites (tertiary alicyclic amines) is 1. The topological polar surface area (TPSA) is 51.9 Å². The third-order valence-corrected chi connectivity index (χ3v) is 5.46. The number of benzene rings is 1. The Balaban J connectivity index is 1.51. The van der Waals surface area contributed by atoms with E-state index in [2.05, 4.69) is 0 Å². The first-order valence-corrected chi connectivity index (χ1v) is 9.38. The van der Waals surface area contributed by atoms with E-state index in [-0.39, 0.29) is 11.8 Å². The van der Waals surface area contributed by atoms with Crippen LogP contribution in [-0.4, -0.2) is 42.9 Å². The molecule has 1 aromatic carbocycles. The van der Waals surface area contributed by atoms with E-state index >= 15 is 0 Å². The lowest BCUT2D eigenvalue weighted by Crippen LogP contribution is -2.48. The first-order valence-electron chi connectivity index (χ1n) is 9.00. The quantitative estimate of drug-likeness (QED) is 0.818. The van der Waals surface area contributed by atoms with Gasteiger partial charge in [-0.15, -0.1) is 0 Å². The summed E-state index contributed by atoms with van der Waals surface area (Å²) in [5, 5.41) is 0.661. The second kappa shape index (κ2) is 7.43. The summed E-state index contributed by atoms with van der Waals surface area (Å²) in [6, 6.07) is 11.2. The minimum absolute atomic E-state index is 0.108. The summed E-state index contributed by atoms with van der Waals surface area (Å²) >= 11 is 6.01. The number of rotatable bonds is 4. The van der Waals surface area contributed by atoms with Gasteiger partial charge in [-0.25, -0.2) is 0 Å². The van der Waals surface area contributed by atoms with E-state index in [1.165, 1.54) is 0 Å². The molecule has 4 rings (SSSR count). The molecule has 3 heterocycles. The number of carbonyl (C=O) groups excluding carboxylic acids is 1. The Morgan fingerprint density at radius 1 is 1.12 bits per heavy atom. The van der Waals surface area contributed by atoms with Crippen molar-refractivity contribution in [2.45, 2.75) is 31.0 Å². The van der Waals surface area contributed by atoms with Crippen molar-refractivity contribution in [2.24, 2.45) is 0 Å². The highest BCUT2D eigenvalue weighted by molar-refractivity contribution is 6.30. The number of hydrogen-bond acceptors (Lipinski definition) is 4. The maximum atomic E-state index is 13.3. The van der Waals surface area contributed by atoms with Gasteiger partial charge in [-0.1, -0.05) is 23.7 Å². The first kappa shape index (κ1) is 17.6. The summed E-state index contributed by atoms with van der Waals surface area (Å²) in [6.45, 7) is 2.56. The molecule has 1 atom stereocenters. The summed E-state index contributed by atoms with van der Waals surface area (Å²) in [7, 11) is 0. The van der Waals surface area contributed by atoms with E-state index in [9.17, 15) is 4.79 Å². The highest BCUT2D eigenvalue weighted by atomic mass is 35.5. The van der Waals surface area contributed by atoms with Gasteiger partial charge in [0.2, 0.25) is 5.91 Å². The third kappa shape index (κ3) is 3.65. The van der Waals surface area contributed by atoms with Crippen LogP contribution in [0.3, 0.4) is 0 Å². The van der Waals surface area contributed by atoms with Crippen LogP contribution < -0.4 is 0 Å². The zero-order valence-electron chi connectivity index (χ0n) is 14.5. The number of piperidine rings is 1. The fourth-order valence-corrected chi connectivity index (χ4v) is 3.87. The van der Waals surface area contributed by atoms with Gasteiger partial charge >= 0.3 is 0 Å². The number of ether oxygens (including phenoxy) is 2. The molecule has 0 bridgehead atoms. The van der Waals surface area contributed by atoms with Crippen LogP contribution in [-0.2, 0) is 20.7 Å². The highest BCUT2D eigenvalue weighted by Gasteiger charge is 2.41. The molecule has 138 valence electrons. The van der Waals surface area contributed by atoms with Crippen molar-refractivity contribution in [1.29, 1.82) is 0 Å². The van der Waals surface area contributed by atoms with E-state index < -0.39 is 5.79 Å². The number of carbonyl (C=O) groups is 1. The molecule has 1 amide bonds. The summed E-state index contributed by atoms with van der Waals surface area (Å²) in [6.07, 6.45) is 3.60. The Morgan fingerprint density at radius 2 is 1.81 bits per heavy atom. The maximum absolute atomic E-state index is 13.3. The van der Waals surface area contributed by atoms with Gasteiger partial charge in [-0.05, 0) is 29.8 Å². The predicted molar refractivity (Wildman–Crippen MR) is 97.1 cm³/mol. The Labute approximate surface area is 157 Å². The molecule has 1 spiro atoms. The predicted octanol–water partition coefficient (Wildman–Crippen LogP) is 3.62. The maximum Gasteiger partial charge on any atom is 0.230 e. The van der Waals surface area contributed by atoms with Gasteiger partial charge in [0.25, 0.3) is 0 Å². The van der Waals surface area contributed by atoms with Crippen molar-refractivity contribution in [3.63, 3.8) is 0 Å². The van der Waals surface area contributed by atoms with Crippen LogP contribution >= 0.6 is 11.6 Å². The molecule has 2 aliphatic heterocycles. The van der Waals surface area contributed by atoms with E-state index in [1.54, 1.807) is 6.26 Å². The van der Waals surface area contributed by atoms with Gasteiger partial charge in [0.1, 0.15) is 5.76 Å². The Morgan fingerprint density at radius 3 is 2.42 bits per heavy atom. The van der Waals surface area contributed by atoms with E-state index in [0.717, 1.165) is 11.3 Å². The number of halogens is 1. The highest BCUT2D eigenvalue weighted by Crippen LogP contribution is 2.33. The van der Waals surface area contributed by atoms with E-state index in [1.807, 2.05) is 41.3 Å². The number of nitrogens with zero attached hydrogens (tertiary/aromatic N) is 1. The van der Waals surface area contributed by atoms with Crippen molar-refractivity contribution < 1.29 is 18.7 Å². The van der Waals surface area contributed by atoms with Crippen molar-refractivity contribution in [1.82, 2.24) is 4.90 Å². The van der Waals surface area contributed by atoms with Crippen LogP contribution in [0.15, 0.2) is 47.1 Å². The lowest BCUT2D eigenvalue weighted by Gasteiger charge is -2.38. The summed E-state index contributed by atoms with van der Waals surface area (Å²) < 4.78 is 17.0. The molecule has 0 saturated carbocycles. The summed E-state index contributed by atoms with van der Waals surface area (Å²) in [4.78, 5) is 15.2. The minimum atomic E-state index is -0.479. The van der Waals surface area contributed by atoms with Crippen LogP contribution in [0, 0.1) is 0 Å².